The first kappa shape index (κ1) is 12.8. The molecule has 2 fully saturated rings. The molecule has 1 N–H and O–H groups in total. The fourth-order valence-corrected chi connectivity index (χ4v) is 5.05. The number of aromatic nitrogens is 1. The van der Waals surface area contributed by atoms with Crippen LogP contribution in [-0.4, -0.2) is 11.0 Å². The highest BCUT2D eigenvalue weighted by atomic mass is 32.1. The highest BCUT2D eigenvalue weighted by molar-refractivity contribution is 7.18. The van der Waals surface area contributed by atoms with Crippen molar-refractivity contribution < 1.29 is 0 Å². The third kappa shape index (κ3) is 2.27. The summed E-state index contributed by atoms with van der Waals surface area (Å²) in [7, 11) is 0. The summed E-state index contributed by atoms with van der Waals surface area (Å²) in [6.45, 7) is 2.16. The van der Waals surface area contributed by atoms with E-state index in [-0.39, 0.29) is 0 Å². The number of nitrogens with zero attached hydrogens (tertiary/aromatic N) is 1. The lowest BCUT2D eigenvalue weighted by Gasteiger charge is -2.39. The van der Waals surface area contributed by atoms with Gasteiger partial charge in [-0.1, -0.05) is 18.9 Å². The number of fused-ring (bicyclic) bond motifs is 2. The number of nitrogens with one attached hydrogen (secondary N) is 1. The predicted molar refractivity (Wildman–Crippen MR) is 85.2 cm³/mol. The molecule has 2 heterocycles. The predicted octanol–water partition coefficient (Wildman–Crippen LogP) is 4.59. The minimum absolute atomic E-state index is 0.493. The molecule has 1 aliphatic carbocycles. The van der Waals surface area contributed by atoms with E-state index in [0.717, 1.165) is 12.0 Å². The summed E-state index contributed by atoms with van der Waals surface area (Å²) in [6, 6.07) is 7.83. The highest BCUT2D eigenvalue weighted by Crippen LogP contribution is 2.38. The van der Waals surface area contributed by atoms with Crippen LogP contribution in [-0.2, 0) is 0 Å². The van der Waals surface area contributed by atoms with Crippen molar-refractivity contribution >= 4 is 21.6 Å². The zero-order valence-electron chi connectivity index (χ0n) is 12.1. The van der Waals surface area contributed by atoms with Gasteiger partial charge in [0, 0.05) is 6.04 Å². The topological polar surface area (TPSA) is 24.9 Å². The summed E-state index contributed by atoms with van der Waals surface area (Å²) < 4.78 is 1.34. The Labute approximate surface area is 124 Å². The Morgan fingerprint density at radius 1 is 1.15 bits per heavy atom. The summed E-state index contributed by atoms with van der Waals surface area (Å²) in [6.07, 6.45) is 8.29. The fraction of sp³-hybridized carbons (Fsp3) is 0.588. The zero-order valence-corrected chi connectivity index (χ0v) is 12.9. The number of piperidine rings is 1. The summed E-state index contributed by atoms with van der Waals surface area (Å²) in [4.78, 5) is 4.87. The Balaban J connectivity index is 1.59. The molecular formula is C17H22N2S. The fourth-order valence-electron chi connectivity index (χ4n) is 3.89. The van der Waals surface area contributed by atoms with Gasteiger partial charge in [-0.15, -0.1) is 11.3 Å². The van der Waals surface area contributed by atoms with E-state index in [0.29, 0.717) is 6.04 Å². The van der Waals surface area contributed by atoms with E-state index in [2.05, 4.69) is 30.4 Å². The van der Waals surface area contributed by atoms with Crippen LogP contribution in [0.2, 0.25) is 0 Å². The number of hydrogen-bond acceptors (Lipinski definition) is 3. The number of hydrogen-bond donors (Lipinski definition) is 1. The van der Waals surface area contributed by atoms with Gasteiger partial charge in [-0.05, 0) is 56.2 Å². The largest absolute Gasteiger partial charge is 0.305 e. The lowest BCUT2D eigenvalue weighted by Crippen LogP contribution is -2.44. The molecule has 1 saturated heterocycles. The Kier molecular flexibility index (Phi) is 3.27. The van der Waals surface area contributed by atoms with Gasteiger partial charge in [-0.2, -0.15) is 0 Å². The van der Waals surface area contributed by atoms with Crippen LogP contribution in [0.5, 0.6) is 0 Å². The second-order valence-corrected chi connectivity index (χ2v) is 7.53. The molecule has 0 bridgehead atoms. The van der Waals surface area contributed by atoms with Crippen LogP contribution in [0.3, 0.4) is 0 Å². The minimum atomic E-state index is 0.493. The molecular weight excluding hydrogens is 264 g/mol. The van der Waals surface area contributed by atoms with E-state index >= 15 is 0 Å². The van der Waals surface area contributed by atoms with E-state index in [1.165, 1.54) is 59.3 Å². The first-order valence-electron chi connectivity index (χ1n) is 7.93. The van der Waals surface area contributed by atoms with Gasteiger partial charge in [0.2, 0.25) is 0 Å². The van der Waals surface area contributed by atoms with Crippen LogP contribution in [0.25, 0.3) is 10.2 Å². The quantitative estimate of drug-likeness (QED) is 0.829. The third-order valence-corrected chi connectivity index (χ3v) is 6.14. The smallest absolute Gasteiger partial charge is 0.111 e. The average Bonchev–Trinajstić information content (AvgIpc) is 2.89. The number of benzene rings is 1. The maximum Gasteiger partial charge on any atom is 0.111 e. The molecule has 2 aliphatic rings. The zero-order chi connectivity index (χ0) is 13.5. The number of thiazole rings is 1. The van der Waals surface area contributed by atoms with Crippen molar-refractivity contribution in [1.82, 2.24) is 10.3 Å². The first-order valence-corrected chi connectivity index (χ1v) is 8.74. The van der Waals surface area contributed by atoms with Gasteiger partial charge < -0.3 is 5.32 Å². The van der Waals surface area contributed by atoms with Crippen LogP contribution in [0.4, 0.5) is 0 Å². The Morgan fingerprint density at radius 2 is 2.05 bits per heavy atom. The number of rotatable bonds is 1. The van der Waals surface area contributed by atoms with Crippen molar-refractivity contribution in [1.29, 1.82) is 0 Å². The molecule has 0 amide bonds. The molecule has 3 unspecified atom stereocenters. The lowest BCUT2D eigenvalue weighted by atomic mass is 9.78. The normalized spacial score (nSPS) is 30.4. The molecule has 0 spiro atoms. The van der Waals surface area contributed by atoms with Crippen molar-refractivity contribution in [2.75, 3.05) is 0 Å². The van der Waals surface area contributed by atoms with Crippen molar-refractivity contribution in [3.63, 3.8) is 0 Å². The molecule has 4 rings (SSSR count). The van der Waals surface area contributed by atoms with Crippen LogP contribution < -0.4 is 5.32 Å². The standard InChI is InChI=1S/C17H22N2S/c1-11-6-8-14-16(10-11)20-17(19-14)15-9-7-12-4-2-3-5-13(12)18-15/h6,8,10,12-13,15,18H,2-5,7,9H2,1H3. The Hall–Kier alpha value is -0.930. The first-order chi connectivity index (χ1) is 9.79. The lowest BCUT2D eigenvalue weighted by molar-refractivity contribution is 0.177. The Bertz CT molecular complexity index is 618. The van der Waals surface area contributed by atoms with Gasteiger partial charge >= 0.3 is 0 Å². The van der Waals surface area contributed by atoms with Crippen LogP contribution in [0.1, 0.15) is 55.1 Å². The van der Waals surface area contributed by atoms with E-state index in [4.69, 9.17) is 4.98 Å². The van der Waals surface area contributed by atoms with Gasteiger partial charge in [0.1, 0.15) is 5.01 Å². The second kappa shape index (κ2) is 5.12. The third-order valence-electron chi connectivity index (χ3n) is 5.01. The van der Waals surface area contributed by atoms with Crippen molar-refractivity contribution in [3.8, 4) is 0 Å². The van der Waals surface area contributed by atoms with Gasteiger partial charge in [0.05, 0.1) is 16.3 Å². The van der Waals surface area contributed by atoms with Gasteiger partial charge in [-0.3, -0.25) is 0 Å². The molecule has 1 aromatic heterocycles. The molecule has 1 saturated carbocycles. The molecule has 3 heteroatoms. The molecule has 2 nitrogen and oxygen atoms in total. The maximum absolute atomic E-state index is 4.87. The molecule has 3 atom stereocenters. The summed E-state index contributed by atoms with van der Waals surface area (Å²) in [5, 5.41) is 5.20. The molecule has 1 aromatic carbocycles. The minimum Gasteiger partial charge on any atom is -0.305 e. The van der Waals surface area contributed by atoms with Crippen molar-refractivity contribution in [2.45, 2.75) is 57.5 Å². The summed E-state index contributed by atoms with van der Waals surface area (Å²) >= 11 is 1.88. The highest BCUT2D eigenvalue weighted by Gasteiger charge is 2.33. The SMILES string of the molecule is Cc1ccc2nc(C3CCC4CCCCC4N3)sc2c1. The van der Waals surface area contributed by atoms with Gasteiger partial charge in [-0.25, -0.2) is 4.98 Å². The van der Waals surface area contributed by atoms with E-state index in [1.54, 1.807) is 0 Å². The van der Waals surface area contributed by atoms with Crippen LogP contribution in [0, 0.1) is 12.8 Å². The summed E-state index contributed by atoms with van der Waals surface area (Å²) in [5.74, 6) is 0.927. The van der Waals surface area contributed by atoms with E-state index in [9.17, 15) is 0 Å². The van der Waals surface area contributed by atoms with Gasteiger partial charge in [0.25, 0.3) is 0 Å². The number of aryl methyl sites for hydroxylation is 1. The molecule has 20 heavy (non-hydrogen) atoms. The maximum atomic E-state index is 4.87. The summed E-state index contributed by atoms with van der Waals surface area (Å²) in [5.41, 5.74) is 2.50. The van der Waals surface area contributed by atoms with Crippen molar-refractivity contribution in [2.24, 2.45) is 5.92 Å². The van der Waals surface area contributed by atoms with E-state index < -0.39 is 0 Å². The van der Waals surface area contributed by atoms with Crippen molar-refractivity contribution in [3.05, 3.63) is 28.8 Å². The molecule has 1 aliphatic heterocycles. The Morgan fingerprint density at radius 3 is 3.00 bits per heavy atom. The molecule has 0 radical (unpaired) electrons. The average molecular weight is 286 g/mol. The molecule has 2 aromatic rings. The van der Waals surface area contributed by atoms with E-state index in [1.807, 2.05) is 11.3 Å². The van der Waals surface area contributed by atoms with Crippen LogP contribution >= 0.6 is 11.3 Å². The monoisotopic (exact) mass is 286 g/mol. The molecule has 106 valence electrons. The van der Waals surface area contributed by atoms with Crippen LogP contribution in [0.15, 0.2) is 18.2 Å². The van der Waals surface area contributed by atoms with Gasteiger partial charge in [0.15, 0.2) is 0 Å². The second-order valence-electron chi connectivity index (χ2n) is 6.47.